The molecule has 0 aromatic heterocycles. The molecule has 1 saturated heterocycles. The molecule has 1 nitrogen and oxygen atoms in total. The van der Waals surface area contributed by atoms with E-state index in [1.54, 1.807) is 0 Å². The molecule has 1 aliphatic rings. The SMILES string of the molecule is CC(F)C(F)(F)C(C)(C)[SiH]1CCCCO1. The Morgan fingerprint density at radius 1 is 1.27 bits per heavy atom. The summed E-state index contributed by atoms with van der Waals surface area (Å²) in [4.78, 5) is 0. The second-order valence-corrected chi connectivity index (χ2v) is 8.15. The normalized spacial score (nSPS) is 26.4. The van der Waals surface area contributed by atoms with Gasteiger partial charge in [0.05, 0.1) is 0 Å². The van der Waals surface area contributed by atoms with Crippen molar-refractivity contribution >= 4 is 9.04 Å². The van der Waals surface area contributed by atoms with Gasteiger partial charge in [0.2, 0.25) is 0 Å². The summed E-state index contributed by atoms with van der Waals surface area (Å²) in [5, 5.41) is -1.30. The van der Waals surface area contributed by atoms with E-state index in [4.69, 9.17) is 4.43 Å². The molecule has 0 aromatic carbocycles. The number of rotatable bonds is 3. The lowest BCUT2D eigenvalue weighted by Crippen LogP contribution is -2.49. The van der Waals surface area contributed by atoms with Crippen LogP contribution >= 0.6 is 0 Å². The molecule has 2 atom stereocenters. The minimum atomic E-state index is -3.28. The highest BCUT2D eigenvalue weighted by atomic mass is 28.3. The van der Waals surface area contributed by atoms with Gasteiger partial charge in [-0.05, 0) is 19.4 Å². The highest BCUT2D eigenvalue weighted by Gasteiger charge is 2.56. The highest BCUT2D eigenvalue weighted by Crippen LogP contribution is 2.50. The van der Waals surface area contributed by atoms with Gasteiger partial charge < -0.3 is 4.43 Å². The van der Waals surface area contributed by atoms with Crippen LogP contribution < -0.4 is 0 Å². The monoisotopic (exact) mass is 240 g/mol. The van der Waals surface area contributed by atoms with Gasteiger partial charge in [0, 0.05) is 11.6 Å². The summed E-state index contributed by atoms with van der Waals surface area (Å²) in [6.07, 6.45) is -0.224. The summed E-state index contributed by atoms with van der Waals surface area (Å²) in [6, 6.07) is 0.731. The highest BCUT2D eigenvalue weighted by molar-refractivity contribution is 6.56. The maximum absolute atomic E-state index is 13.7. The smallest absolute Gasteiger partial charge is 0.282 e. The Morgan fingerprint density at radius 2 is 1.87 bits per heavy atom. The van der Waals surface area contributed by atoms with E-state index in [9.17, 15) is 13.2 Å². The third kappa shape index (κ3) is 2.38. The average molecular weight is 240 g/mol. The Balaban J connectivity index is 2.79. The molecule has 1 aliphatic heterocycles. The lowest BCUT2D eigenvalue weighted by Gasteiger charge is -2.41. The van der Waals surface area contributed by atoms with E-state index >= 15 is 0 Å². The molecule has 1 heterocycles. The summed E-state index contributed by atoms with van der Waals surface area (Å²) < 4.78 is 45.8. The zero-order chi connectivity index (χ0) is 11.7. The molecule has 90 valence electrons. The van der Waals surface area contributed by atoms with Gasteiger partial charge >= 0.3 is 0 Å². The first-order valence-electron chi connectivity index (χ1n) is 5.43. The molecule has 0 radical (unpaired) electrons. The molecule has 0 saturated carbocycles. The van der Waals surface area contributed by atoms with E-state index in [0.29, 0.717) is 6.61 Å². The molecule has 1 rings (SSSR count). The van der Waals surface area contributed by atoms with Crippen LogP contribution in [0.4, 0.5) is 13.2 Å². The fourth-order valence-corrected chi connectivity index (χ4v) is 5.11. The van der Waals surface area contributed by atoms with Crippen LogP contribution in [0.3, 0.4) is 0 Å². The van der Waals surface area contributed by atoms with Crippen molar-refractivity contribution in [2.75, 3.05) is 6.61 Å². The van der Waals surface area contributed by atoms with Crippen LogP contribution in [0.5, 0.6) is 0 Å². The third-order valence-electron chi connectivity index (χ3n) is 3.34. The Kier molecular flexibility index (Phi) is 3.87. The van der Waals surface area contributed by atoms with Gasteiger partial charge in [-0.15, -0.1) is 0 Å². The number of alkyl halides is 3. The lowest BCUT2D eigenvalue weighted by atomic mass is 10.0. The Hall–Kier alpha value is -0.0331. The molecule has 0 spiro atoms. The van der Waals surface area contributed by atoms with Crippen molar-refractivity contribution in [1.29, 1.82) is 0 Å². The number of hydrogen-bond donors (Lipinski definition) is 0. The molecular weight excluding hydrogens is 221 g/mol. The van der Waals surface area contributed by atoms with E-state index < -0.39 is 26.2 Å². The van der Waals surface area contributed by atoms with Gasteiger partial charge in [-0.2, -0.15) is 0 Å². The zero-order valence-corrected chi connectivity index (χ0v) is 10.7. The minimum absolute atomic E-state index is 0.567. The average Bonchev–Trinajstić information content (AvgIpc) is 2.18. The van der Waals surface area contributed by atoms with Gasteiger partial charge in [0.1, 0.15) is 0 Å². The predicted octanol–water partition coefficient (Wildman–Crippen LogP) is 3.29. The largest absolute Gasteiger partial charge is 0.419 e. The maximum atomic E-state index is 13.7. The molecule has 0 amide bonds. The van der Waals surface area contributed by atoms with Crippen LogP contribution in [0.1, 0.15) is 33.6 Å². The molecular formula is C10H19F3OSi. The van der Waals surface area contributed by atoms with Crippen molar-refractivity contribution in [2.24, 2.45) is 0 Å². The van der Waals surface area contributed by atoms with Crippen molar-refractivity contribution < 1.29 is 17.6 Å². The van der Waals surface area contributed by atoms with Gasteiger partial charge in [-0.3, -0.25) is 0 Å². The summed E-state index contributed by atoms with van der Waals surface area (Å²) in [5.41, 5.74) is 0. The summed E-state index contributed by atoms with van der Waals surface area (Å²) in [5.74, 6) is -3.28. The summed E-state index contributed by atoms with van der Waals surface area (Å²) in [7, 11) is -2.01. The Morgan fingerprint density at radius 3 is 2.27 bits per heavy atom. The predicted molar refractivity (Wildman–Crippen MR) is 56.7 cm³/mol. The molecule has 0 bridgehead atoms. The maximum Gasteiger partial charge on any atom is 0.282 e. The molecule has 0 aromatic rings. The first-order chi connectivity index (χ1) is 6.80. The van der Waals surface area contributed by atoms with Gasteiger partial charge in [-0.1, -0.05) is 20.3 Å². The van der Waals surface area contributed by atoms with Crippen molar-refractivity contribution in [3.63, 3.8) is 0 Å². The fraction of sp³-hybridized carbons (Fsp3) is 1.00. The second-order valence-electron chi connectivity index (χ2n) is 4.82. The number of hydrogen-bond acceptors (Lipinski definition) is 1. The van der Waals surface area contributed by atoms with Crippen LogP contribution in [0.25, 0.3) is 0 Å². The molecule has 1 fully saturated rings. The summed E-state index contributed by atoms with van der Waals surface area (Å²) in [6.45, 7) is 4.40. The van der Waals surface area contributed by atoms with E-state index in [0.717, 1.165) is 25.8 Å². The molecule has 5 heteroatoms. The zero-order valence-electron chi connectivity index (χ0n) is 9.53. The van der Waals surface area contributed by atoms with Gasteiger partial charge in [0.15, 0.2) is 15.2 Å². The lowest BCUT2D eigenvalue weighted by molar-refractivity contribution is -0.100. The van der Waals surface area contributed by atoms with Crippen LogP contribution in [-0.2, 0) is 4.43 Å². The first kappa shape index (κ1) is 13.0. The van der Waals surface area contributed by atoms with Crippen LogP contribution in [0.2, 0.25) is 11.1 Å². The van der Waals surface area contributed by atoms with Crippen LogP contribution in [0.15, 0.2) is 0 Å². The van der Waals surface area contributed by atoms with E-state index in [1.165, 1.54) is 13.8 Å². The fourth-order valence-electron chi connectivity index (χ4n) is 2.04. The topological polar surface area (TPSA) is 9.23 Å². The summed E-state index contributed by atoms with van der Waals surface area (Å²) >= 11 is 0. The molecule has 15 heavy (non-hydrogen) atoms. The van der Waals surface area contributed by atoms with Gasteiger partial charge in [-0.25, -0.2) is 13.2 Å². The third-order valence-corrected chi connectivity index (χ3v) is 6.91. The molecule has 2 unspecified atom stereocenters. The van der Waals surface area contributed by atoms with E-state index in [1.807, 2.05) is 0 Å². The van der Waals surface area contributed by atoms with E-state index in [-0.39, 0.29) is 0 Å². The Bertz CT molecular complexity index is 213. The van der Waals surface area contributed by atoms with Crippen LogP contribution in [0, 0.1) is 0 Å². The first-order valence-corrected chi connectivity index (χ1v) is 7.30. The van der Waals surface area contributed by atoms with Crippen molar-refractivity contribution in [3.05, 3.63) is 0 Å². The Labute approximate surface area is 90.7 Å². The second kappa shape index (κ2) is 4.45. The van der Waals surface area contributed by atoms with Crippen molar-refractivity contribution in [2.45, 2.75) is 56.8 Å². The van der Waals surface area contributed by atoms with Gasteiger partial charge in [0.25, 0.3) is 5.92 Å². The molecule has 0 N–H and O–H groups in total. The standard InChI is InChI=1S/C10H19F3OSi/c1-8(11)10(12,13)9(2,3)15-7-5-4-6-14-15/h8,15H,4-7H2,1-3H3. The van der Waals surface area contributed by atoms with Crippen molar-refractivity contribution in [1.82, 2.24) is 0 Å². The molecule has 0 aliphatic carbocycles. The number of halogens is 3. The van der Waals surface area contributed by atoms with E-state index in [2.05, 4.69) is 0 Å². The van der Waals surface area contributed by atoms with Crippen molar-refractivity contribution in [3.8, 4) is 0 Å². The minimum Gasteiger partial charge on any atom is -0.419 e. The van der Waals surface area contributed by atoms with Crippen LogP contribution in [-0.4, -0.2) is 27.7 Å². The quantitative estimate of drug-likeness (QED) is 0.688.